The van der Waals surface area contributed by atoms with Crippen LogP contribution in [0.1, 0.15) is 76.6 Å². The number of thiophene rings is 1. The molecule has 6 rings (SSSR count). The number of methoxy groups -OCH3 is 1. The van der Waals surface area contributed by atoms with Gasteiger partial charge in [-0.25, -0.2) is 0 Å². The van der Waals surface area contributed by atoms with Gasteiger partial charge < -0.3 is 29.3 Å². The van der Waals surface area contributed by atoms with E-state index in [0.717, 1.165) is 53.7 Å². The molecule has 5 heterocycles. The van der Waals surface area contributed by atoms with E-state index >= 15 is 4.79 Å². The van der Waals surface area contributed by atoms with Crippen molar-refractivity contribution in [3.63, 3.8) is 0 Å². The third-order valence-electron chi connectivity index (χ3n) is 11.0. The molecule has 2 fully saturated rings. The van der Waals surface area contributed by atoms with Gasteiger partial charge >= 0.3 is 12.4 Å². The summed E-state index contributed by atoms with van der Waals surface area (Å²) in [4.78, 5) is 37.7. The number of fused-ring (bicyclic) bond motifs is 1. The highest BCUT2D eigenvalue weighted by Crippen LogP contribution is 2.44. The van der Waals surface area contributed by atoms with Crippen LogP contribution in [0.15, 0.2) is 48.0 Å². The monoisotopic (exact) mass is 816 g/mol. The van der Waals surface area contributed by atoms with Crippen molar-refractivity contribution in [1.82, 2.24) is 19.7 Å². The van der Waals surface area contributed by atoms with Gasteiger partial charge in [-0.3, -0.25) is 14.6 Å². The summed E-state index contributed by atoms with van der Waals surface area (Å²) in [5.74, 6) is -1.60. The fourth-order valence-electron chi connectivity index (χ4n) is 8.29. The quantitative estimate of drug-likeness (QED) is 0.200. The summed E-state index contributed by atoms with van der Waals surface area (Å²) < 4.78 is 96.7. The lowest BCUT2D eigenvalue weighted by molar-refractivity contribution is -0.164. The predicted octanol–water partition coefficient (Wildman–Crippen LogP) is 7.51. The maximum absolute atomic E-state index is 15.5. The number of likely N-dealkylation sites (tertiary alicyclic amines) is 2. The maximum atomic E-state index is 15.5. The number of carbonyl (C=O) groups excluding carboxylic acids is 2. The number of aliphatic hydroxyl groups is 1. The highest BCUT2D eigenvalue weighted by atomic mass is 35.5. The molecule has 2 saturated heterocycles. The Morgan fingerprint density at radius 1 is 1.02 bits per heavy atom. The van der Waals surface area contributed by atoms with Crippen LogP contribution in [0.5, 0.6) is 5.75 Å². The zero-order valence-electron chi connectivity index (χ0n) is 30.2. The van der Waals surface area contributed by atoms with Crippen LogP contribution in [-0.2, 0) is 28.3 Å². The van der Waals surface area contributed by atoms with Crippen molar-refractivity contribution >= 4 is 34.8 Å². The van der Waals surface area contributed by atoms with Crippen molar-refractivity contribution < 1.29 is 50.5 Å². The zero-order valence-corrected chi connectivity index (χ0v) is 31.7. The summed E-state index contributed by atoms with van der Waals surface area (Å²) >= 11 is 6.70. The molecule has 0 bridgehead atoms. The molecule has 0 spiro atoms. The highest BCUT2D eigenvalue weighted by molar-refractivity contribution is 7.10. The first kappa shape index (κ1) is 41.2. The third kappa shape index (κ3) is 8.93. The average molecular weight is 817 g/mol. The molecule has 1 N–H and O–H groups in total. The molecular formula is C38H43ClF6N4O5S. The van der Waals surface area contributed by atoms with Crippen LogP contribution < -0.4 is 4.74 Å². The number of aromatic nitrogens is 1. The standard InChI is InChI=1S/C38H43ClF6N4O5S/c1-53-22-30-28-6-5-26(39)20-25(28)9-18-48(30)35(52)36(54-27-21-32(55-23-27)38(43,44)45)12-3-14-49(34(51)33-29(37(40,41)42)4-2-13-46-33)31(36)10-17-47-15-7-24(8-16-47)11-19-50/h2,4-6,13,20-21,23-24,30-31,50H,3,7-12,14-19,22H2,1H3/t30?,31-,36+/m1/s1. The van der Waals surface area contributed by atoms with Crippen LogP contribution >= 0.6 is 22.9 Å². The largest absolute Gasteiger partial charge is 0.474 e. The van der Waals surface area contributed by atoms with E-state index < -0.39 is 58.0 Å². The molecule has 3 aromatic rings. The van der Waals surface area contributed by atoms with Gasteiger partial charge in [0, 0.05) is 62.4 Å². The second-order valence-electron chi connectivity index (χ2n) is 14.3. The Balaban J connectivity index is 1.46. The van der Waals surface area contributed by atoms with E-state index in [4.69, 9.17) is 21.1 Å². The minimum Gasteiger partial charge on any atom is -0.474 e. The molecule has 2 amide bonds. The molecule has 1 aromatic carbocycles. The fourth-order valence-corrected chi connectivity index (χ4v) is 9.16. The van der Waals surface area contributed by atoms with Crippen molar-refractivity contribution in [2.75, 3.05) is 53.0 Å². The molecule has 3 aliphatic heterocycles. The van der Waals surface area contributed by atoms with E-state index in [-0.39, 0.29) is 51.3 Å². The summed E-state index contributed by atoms with van der Waals surface area (Å²) in [5.41, 5.74) is -2.46. The molecule has 17 heteroatoms. The number of nitrogens with zero attached hydrogens (tertiary/aromatic N) is 4. The molecule has 0 saturated carbocycles. The number of alkyl halides is 6. The van der Waals surface area contributed by atoms with Crippen LogP contribution in [0.2, 0.25) is 5.02 Å². The number of amides is 2. The number of carbonyl (C=O) groups is 2. The molecule has 2 aromatic heterocycles. The van der Waals surface area contributed by atoms with Crippen LogP contribution in [0.25, 0.3) is 0 Å². The van der Waals surface area contributed by atoms with E-state index in [9.17, 15) is 36.2 Å². The molecule has 9 nitrogen and oxygen atoms in total. The number of halogens is 7. The van der Waals surface area contributed by atoms with Crippen LogP contribution in [0.4, 0.5) is 26.3 Å². The number of pyridine rings is 1. The summed E-state index contributed by atoms with van der Waals surface area (Å²) in [6, 6.07) is 6.04. The van der Waals surface area contributed by atoms with Crippen molar-refractivity contribution in [3.05, 3.63) is 80.3 Å². The second-order valence-corrected chi connectivity index (χ2v) is 15.6. The van der Waals surface area contributed by atoms with Crippen LogP contribution in [0.3, 0.4) is 0 Å². The first-order valence-electron chi connectivity index (χ1n) is 18.3. The van der Waals surface area contributed by atoms with Crippen molar-refractivity contribution in [2.24, 2.45) is 5.92 Å². The Morgan fingerprint density at radius 3 is 2.45 bits per heavy atom. The Labute approximate surface area is 324 Å². The number of ether oxygens (including phenoxy) is 2. The number of aliphatic hydroxyl groups excluding tert-OH is 1. The van der Waals surface area contributed by atoms with E-state index in [1.165, 1.54) is 12.0 Å². The van der Waals surface area contributed by atoms with Gasteiger partial charge in [0.25, 0.3) is 11.8 Å². The first-order valence-corrected chi connectivity index (χ1v) is 19.5. The predicted molar refractivity (Wildman–Crippen MR) is 193 cm³/mol. The molecule has 0 radical (unpaired) electrons. The number of piperidine rings is 2. The van der Waals surface area contributed by atoms with Crippen molar-refractivity contribution in [2.45, 2.75) is 75.0 Å². The van der Waals surface area contributed by atoms with E-state index in [1.807, 2.05) is 0 Å². The average Bonchev–Trinajstić information content (AvgIpc) is 3.63. The van der Waals surface area contributed by atoms with Gasteiger partial charge in [0.05, 0.1) is 24.3 Å². The van der Waals surface area contributed by atoms with E-state index in [2.05, 4.69) is 9.88 Å². The fraction of sp³-hybridized carbons (Fsp3) is 0.553. The molecule has 3 atom stereocenters. The van der Waals surface area contributed by atoms with Gasteiger partial charge in [-0.1, -0.05) is 17.7 Å². The Bertz CT molecular complexity index is 1820. The summed E-state index contributed by atoms with van der Waals surface area (Å²) in [6.07, 6.45) is -5.79. The molecule has 55 heavy (non-hydrogen) atoms. The maximum Gasteiger partial charge on any atom is 0.425 e. The zero-order chi connectivity index (χ0) is 39.5. The lowest BCUT2D eigenvalue weighted by atomic mass is 9.79. The minimum absolute atomic E-state index is 0.0337. The van der Waals surface area contributed by atoms with Crippen LogP contribution in [-0.4, -0.2) is 101 Å². The summed E-state index contributed by atoms with van der Waals surface area (Å²) in [5, 5.41) is 11.1. The van der Waals surface area contributed by atoms with Gasteiger partial charge in [-0.15, -0.1) is 11.3 Å². The topological polar surface area (TPSA) is 95.4 Å². The SMILES string of the molecule is COCC1c2ccc(Cl)cc2CCN1C(=O)[C@]1(Oc2csc(C(F)(F)F)c2)CCCN(C(=O)c2ncccc2C(F)(F)F)[C@@H]1CCN1CCC(CCO)CC1. The number of rotatable bonds is 11. The first-order chi connectivity index (χ1) is 26.2. The number of hydrogen-bond donors (Lipinski definition) is 1. The van der Waals surface area contributed by atoms with Gasteiger partial charge in [-0.2, -0.15) is 26.3 Å². The smallest absolute Gasteiger partial charge is 0.425 e. The number of hydrogen-bond acceptors (Lipinski definition) is 8. The van der Waals surface area contributed by atoms with E-state index in [0.29, 0.717) is 54.8 Å². The molecule has 0 aliphatic carbocycles. The Hall–Kier alpha value is -3.44. The highest BCUT2D eigenvalue weighted by Gasteiger charge is 2.57. The molecular weight excluding hydrogens is 774 g/mol. The molecule has 300 valence electrons. The molecule has 3 aliphatic rings. The summed E-state index contributed by atoms with van der Waals surface area (Å²) in [7, 11) is 1.47. The van der Waals surface area contributed by atoms with Crippen molar-refractivity contribution in [3.8, 4) is 5.75 Å². The minimum atomic E-state index is -4.92. The third-order valence-corrected chi connectivity index (χ3v) is 12.2. The lowest BCUT2D eigenvalue weighted by Gasteiger charge is -2.51. The van der Waals surface area contributed by atoms with Gasteiger partial charge in [0.1, 0.15) is 16.3 Å². The summed E-state index contributed by atoms with van der Waals surface area (Å²) in [6.45, 7) is 1.82. The second kappa shape index (κ2) is 17.0. The normalized spacial score (nSPS) is 22.8. The van der Waals surface area contributed by atoms with Gasteiger partial charge in [0.15, 0.2) is 0 Å². The van der Waals surface area contributed by atoms with Crippen LogP contribution in [0, 0.1) is 5.92 Å². The Morgan fingerprint density at radius 2 is 1.78 bits per heavy atom. The van der Waals surface area contributed by atoms with Crippen molar-refractivity contribution in [1.29, 1.82) is 0 Å². The molecule has 1 unspecified atom stereocenters. The Kier molecular flexibility index (Phi) is 12.7. The van der Waals surface area contributed by atoms with E-state index in [1.54, 1.807) is 23.1 Å². The van der Waals surface area contributed by atoms with Gasteiger partial charge in [0.2, 0.25) is 5.60 Å². The lowest BCUT2D eigenvalue weighted by Crippen LogP contribution is -2.69. The van der Waals surface area contributed by atoms with Gasteiger partial charge in [-0.05, 0) is 92.9 Å². The number of benzene rings is 1.